The van der Waals surface area contributed by atoms with Crippen LogP contribution in [0.2, 0.25) is 0 Å². The standard InChI is InChI=1S/C23H14N4O4/c28-27(29)18-14-17(23-26-25-22(31-23)16-6-2-1-3-7-16)11-12-19(18)30-20-10-4-8-15-9-5-13-24-21(15)20/h1-14H. The third kappa shape index (κ3) is 3.58. The number of ether oxygens (including phenoxy) is 1. The molecule has 150 valence electrons. The van der Waals surface area contributed by atoms with Gasteiger partial charge >= 0.3 is 5.69 Å². The summed E-state index contributed by atoms with van der Waals surface area (Å²) in [6.45, 7) is 0. The van der Waals surface area contributed by atoms with Gasteiger partial charge in [0.2, 0.25) is 17.5 Å². The molecule has 0 atom stereocenters. The summed E-state index contributed by atoms with van der Waals surface area (Å²) in [7, 11) is 0. The fourth-order valence-electron chi connectivity index (χ4n) is 3.19. The Labute approximate surface area is 175 Å². The number of benzene rings is 3. The van der Waals surface area contributed by atoms with E-state index in [9.17, 15) is 10.1 Å². The second kappa shape index (κ2) is 7.68. The van der Waals surface area contributed by atoms with E-state index < -0.39 is 4.92 Å². The lowest BCUT2D eigenvalue weighted by molar-refractivity contribution is -0.385. The maximum absolute atomic E-state index is 11.7. The molecule has 0 fully saturated rings. The highest BCUT2D eigenvalue weighted by molar-refractivity contribution is 5.84. The highest BCUT2D eigenvalue weighted by atomic mass is 16.6. The predicted octanol–water partition coefficient (Wildman–Crippen LogP) is 5.65. The topological polar surface area (TPSA) is 104 Å². The van der Waals surface area contributed by atoms with Gasteiger partial charge in [-0.1, -0.05) is 36.4 Å². The molecule has 0 spiro atoms. The third-order valence-electron chi connectivity index (χ3n) is 4.66. The van der Waals surface area contributed by atoms with Crippen LogP contribution in [0.4, 0.5) is 5.69 Å². The van der Waals surface area contributed by atoms with E-state index in [-0.39, 0.29) is 17.3 Å². The molecule has 2 aromatic heterocycles. The number of nitrogens with zero attached hydrogens (tertiary/aromatic N) is 4. The van der Waals surface area contributed by atoms with Crippen molar-refractivity contribution in [2.45, 2.75) is 0 Å². The number of hydrogen-bond donors (Lipinski definition) is 0. The van der Waals surface area contributed by atoms with Crippen LogP contribution in [0.25, 0.3) is 33.8 Å². The Bertz CT molecular complexity index is 1390. The Morgan fingerprint density at radius 3 is 2.39 bits per heavy atom. The normalized spacial score (nSPS) is 10.8. The molecule has 0 N–H and O–H groups in total. The Kier molecular flexibility index (Phi) is 4.57. The molecular weight excluding hydrogens is 396 g/mol. The molecule has 8 heteroatoms. The summed E-state index contributed by atoms with van der Waals surface area (Å²) in [5.41, 5.74) is 1.58. The first-order valence-electron chi connectivity index (χ1n) is 9.38. The van der Waals surface area contributed by atoms with E-state index in [1.807, 2.05) is 54.6 Å². The molecule has 0 bridgehead atoms. The van der Waals surface area contributed by atoms with Crippen LogP contribution in [0.1, 0.15) is 0 Å². The zero-order valence-electron chi connectivity index (χ0n) is 16.0. The Morgan fingerprint density at radius 2 is 1.58 bits per heavy atom. The minimum atomic E-state index is -0.508. The monoisotopic (exact) mass is 410 g/mol. The molecule has 31 heavy (non-hydrogen) atoms. The number of nitro groups is 1. The van der Waals surface area contributed by atoms with Gasteiger partial charge in [0.25, 0.3) is 0 Å². The second-order valence-corrected chi connectivity index (χ2v) is 6.65. The van der Waals surface area contributed by atoms with Crippen LogP contribution in [0, 0.1) is 10.1 Å². The van der Waals surface area contributed by atoms with Crippen molar-refractivity contribution >= 4 is 16.6 Å². The van der Waals surface area contributed by atoms with Gasteiger partial charge in [0.15, 0.2) is 5.75 Å². The summed E-state index contributed by atoms with van der Waals surface area (Å²) in [4.78, 5) is 15.5. The number of fused-ring (bicyclic) bond motifs is 1. The quantitative estimate of drug-likeness (QED) is 0.272. The molecule has 0 saturated carbocycles. The number of nitro benzene ring substituents is 1. The predicted molar refractivity (Wildman–Crippen MR) is 114 cm³/mol. The van der Waals surface area contributed by atoms with Gasteiger partial charge in [-0.3, -0.25) is 15.1 Å². The summed E-state index contributed by atoms with van der Waals surface area (Å²) in [6, 6.07) is 22.9. The first-order chi connectivity index (χ1) is 15.2. The van der Waals surface area contributed by atoms with Crippen molar-refractivity contribution in [1.29, 1.82) is 0 Å². The summed E-state index contributed by atoms with van der Waals surface area (Å²) in [5.74, 6) is 1.04. The van der Waals surface area contributed by atoms with E-state index >= 15 is 0 Å². The Morgan fingerprint density at radius 1 is 0.806 bits per heavy atom. The van der Waals surface area contributed by atoms with Gasteiger partial charge in [-0.25, -0.2) is 0 Å². The van der Waals surface area contributed by atoms with Crippen molar-refractivity contribution < 1.29 is 14.1 Å². The Balaban J connectivity index is 1.51. The summed E-state index contributed by atoms with van der Waals surface area (Å²) >= 11 is 0. The lowest BCUT2D eigenvalue weighted by atomic mass is 10.1. The average Bonchev–Trinajstić information content (AvgIpc) is 3.30. The minimum Gasteiger partial charge on any atom is -0.448 e. The molecular formula is C23H14N4O4. The minimum absolute atomic E-state index is 0.0923. The first kappa shape index (κ1) is 18.4. The zero-order valence-corrected chi connectivity index (χ0v) is 16.0. The van der Waals surface area contributed by atoms with E-state index in [1.165, 1.54) is 12.1 Å². The van der Waals surface area contributed by atoms with Crippen LogP contribution in [0.5, 0.6) is 11.5 Å². The van der Waals surface area contributed by atoms with E-state index in [0.717, 1.165) is 10.9 Å². The van der Waals surface area contributed by atoms with Crippen LogP contribution in [0.3, 0.4) is 0 Å². The molecule has 5 aromatic rings. The number of aromatic nitrogens is 3. The van der Waals surface area contributed by atoms with Crippen LogP contribution in [-0.4, -0.2) is 20.1 Å². The van der Waals surface area contributed by atoms with Crippen LogP contribution in [0.15, 0.2) is 89.5 Å². The molecule has 0 unspecified atom stereocenters. The second-order valence-electron chi connectivity index (χ2n) is 6.65. The molecule has 2 heterocycles. The van der Waals surface area contributed by atoms with Gasteiger partial charge in [-0.15, -0.1) is 10.2 Å². The van der Waals surface area contributed by atoms with Crippen molar-refractivity contribution in [2.24, 2.45) is 0 Å². The molecule has 0 aliphatic carbocycles. The number of hydrogen-bond acceptors (Lipinski definition) is 7. The highest BCUT2D eigenvalue weighted by Crippen LogP contribution is 2.37. The van der Waals surface area contributed by atoms with Crippen LogP contribution >= 0.6 is 0 Å². The van der Waals surface area contributed by atoms with Crippen molar-refractivity contribution in [1.82, 2.24) is 15.2 Å². The summed E-state index contributed by atoms with van der Waals surface area (Å²) in [5, 5.41) is 20.7. The SMILES string of the molecule is O=[N+]([O-])c1cc(-c2nnc(-c3ccccc3)o2)ccc1Oc1cccc2cccnc12. The van der Waals surface area contributed by atoms with E-state index in [4.69, 9.17) is 9.15 Å². The third-order valence-corrected chi connectivity index (χ3v) is 4.66. The maximum Gasteiger partial charge on any atom is 0.312 e. The molecule has 0 amide bonds. The molecule has 0 aliphatic heterocycles. The van der Waals surface area contributed by atoms with Crippen molar-refractivity contribution in [3.05, 3.63) is 95.2 Å². The molecule has 0 aliphatic rings. The van der Waals surface area contributed by atoms with E-state index in [2.05, 4.69) is 15.2 Å². The fraction of sp³-hybridized carbons (Fsp3) is 0. The fourth-order valence-corrected chi connectivity index (χ4v) is 3.19. The smallest absolute Gasteiger partial charge is 0.312 e. The summed E-state index contributed by atoms with van der Waals surface area (Å²) < 4.78 is 11.6. The van der Waals surface area contributed by atoms with Crippen molar-refractivity contribution in [3.8, 4) is 34.4 Å². The molecule has 0 radical (unpaired) electrons. The van der Waals surface area contributed by atoms with Crippen molar-refractivity contribution in [3.63, 3.8) is 0 Å². The van der Waals surface area contributed by atoms with Gasteiger partial charge in [-0.05, 0) is 36.4 Å². The van der Waals surface area contributed by atoms with Gasteiger partial charge in [-0.2, -0.15) is 0 Å². The van der Waals surface area contributed by atoms with Crippen LogP contribution in [-0.2, 0) is 0 Å². The molecule has 8 nitrogen and oxygen atoms in total. The van der Waals surface area contributed by atoms with E-state index in [1.54, 1.807) is 18.3 Å². The molecule has 5 rings (SSSR count). The van der Waals surface area contributed by atoms with Gasteiger partial charge < -0.3 is 9.15 Å². The largest absolute Gasteiger partial charge is 0.448 e. The molecule has 0 saturated heterocycles. The van der Waals surface area contributed by atoms with Crippen LogP contribution < -0.4 is 4.74 Å². The molecule has 3 aromatic carbocycles. The number of para-hydroxylation sites is 1. The summed E-state index contributed by atoms with van der Waals surface area (Å²) in [6.07, 6.45) is 1.65. The number of pyridine rings is 1. The lowest BCUT2D eigenvalue weighted by Crippen LogP contribution is -1.95. The van der Waals surface area contributed by atoms with E-state index in [0.29, 0.717) is 22.7 Å². The van der Waals surface area contributed by atoms with Gasteiger partial charge in [0.1, 0.15) is 5.52 Å². The zero-order chi connectivity index (χ0) is 21.2. The highest BCUT2D eigenvalue weighted by Gasteiger charge is 2.21. The number of rotatable bonds is 5. The maximum atomic E-state index is 11.7. The lowest BCUT2D eigenvalue weighted by Gasteiger charge is -2.09. The van der Waals surface area contributed by atoms with Gasteiger partial charge in [0, 0.05) is 28.8 Å². The first-order valence-corrected chi connectivity index (χ1v) is 9.38. The average molecular weight is 410 g/mol. The Hall–Kier alpha value is -4.59. The van der Waals surface area contributed by atoms with Gasteiger partial charge in [0.05, 0.1) is 4.92 Å². The van der Waals surface area contributed by atoms with Crippen molar-refractivity contribution in [2.75, 3.05) is 0 Å².